The second-order valence-electron chi connectivity index (χ2n) is 5.85. The first-order valence-corrected chi connectivity index (χ1v) is 8.93. The fraction of sp³-hybridized carbons (Fsp3) is 0.562. The zero-order valence-corrected chi connectivity index (χ0v) is 14.9. The molecule has 0 aliphatic carbocycles. The van der Waals surface area contributed by atoms with Gasteiger partial charge in [-0.25, -0.2) is 0 Å². The van der Waals surface area contributed by atoms with Gasteiger partial charge in [-0.15, -0.1) is 0 Å². The number of halogens is 2. The van der Waals surface area contributed by atoms with E-state index in [0.29, 0.717) is 24.5 Å². The lowest BCUT2D eigenvalue weighted by Gasteiger charge is -2.14. The molecule has 0 unspecified atom stereocenters. The molecule has 0 aromatic carbocycles. The van der Waals surface area contributed by atoms with Crippen molar-refractivity contribution in [3.05, 3.63) is 34.9 Å². The van der Waals surface area contributed by atoms with Crippen LogP contribution >= 0.6 is 7.60 Å². The fourth-order valence-electron chi connectivity index (χ4n) is 1.76. The van der Waals surface area contributed by atoms with E-state index in [1.807, 2.05) is 26.8 Å². The van der Waals surface area contributed by atoms with Gasteiger partial charge in [0.1, 0.15) is 0 Å². The highest BCUT2D eigenvalue weighted by Gasteiger charge is 2.54. The maximum Gasteiger partial charge on any atom is 0.406 e. The molecule has 0 atom stereocenters. The van der Waals surface area contributed by atoms with Crippen LogP contribution in [-0.2, 0) is 9.36 Å². The van der Waals surface area contributed by atoms with Crippen LogP contribution in [-0.4, -0.2) is 21.2 Å². The Morgan fingerprint density at radius 2 is 1.48 bits per heavy atom. The molecule has 0 aromatic heterocycles. The highest BCUT2D eigenvalue weighted by atomic mass is 31.2. The number of allylic oxidation sites excluding steroid dienone is 6. The molecule has 0 fully saturated rings. The minimum atomic E-state index is -5.79. The van der Waals surface area contributed by atoms with Crippen molar-refractivity contribution in [2.75, 3.05) is 0 Å². The van der Waals surface area contributed by atoms with E-state index in [4.69, 9.17) is 9.79 Å². The second-order valence-corrected chi connectivity index (χ2v) is 7.50. The lowest BCUT2D eigenvalue weighted by atomic mass is 10.1. The standard InChI is InChI=1S/C16H25F2O4P/c1-12(2)7-5-8-13(3)9-6-10-14(4)11-15(19)16(17,18)23(20,21)22/h7,9,11H,5-6,8,10H2,1-4H3,(H2,20,21,22)/b13-9+,14-11+. The van der Waals surface area contributed by atoms with E-state index in [0.717, 1.165) is 12.8 Å². The molecule has 0 saturated carbocycles. The number of alkyl halides is 2. The molecule has 0 aromatic rings. The summed E-state index contributed by atoms with van der Waals surface area (Å²) in [6.07, 6.45) is 7.52. The van der Waals surface area contributed by atoms with Gasteiger partial charge in [0, 0.05) is 0 Å². The van der Waals surface area contributed by atoms with E-state index in [1.54, 1.807) is 0 Å². The molecule has 0 aliphatic heterocycles. The Labute approximate surface area is 136 Å². The van der Waals surface area contributed by atoms with Crippen LogP contribution in [0.4, 0.5) is 8.78 Å². The summed E-state index contributed by atoms with van der Waals surface area (Å²) in [6.45, 7) is 7.51. The average molecular weight is 350 g/mol. The normalized spacial score (nSPS) is 13.9. The van der Waals surface area contributed by atoms with Gasteiger partial charge in [0.05, 0.1) is 0 Å². The summed E-state index contributed by atoms with van der Waals surface area (Å²) >= 11 is 0. The van der Waals surface area contributed by atoms with Crippen molar-refractivity contribution >= 4 is 13.4 Å². The molecule has 7 heteroatoms. The van der Waals surface area contributed by atoms with E-state index in [-0.39, 0.29) is 0 Å². The third-order valence-corrected chi connectivity index (χ3v) is 4.11. The lowest BCUT2D eigenvalue weighted by molar-refractivity contribution is -0.129. The van der Waals surface area contributed by atoms with Crippen molar-refractivity contribution in [1.82, 2.24) is 0 Å². The maximum atomic E-state index is 13.2. The molecule has 0 rings (SSSR count). The average Bonchev–Trinajstić information content (AvgIpc) is 2.36. The zero-order valence-electron chi connectivity index (χ0n) is 14.0. The smallest absolute Gasteiger partial charge is 0.320 e. The van der Waals surface area contributed by atoms with E-state index in [9.17, 15) is 18.1 Å². The van der Waals surface area contributed by atoms with E-state index < -0.39 is 19.0 Å². The molecule has 0 spiro atoms. The van der Waals surface area contributed by atoms with Gasteiger partial charge in [-0.05, 0) is 59.5 Å². The van der Waals surface area contributed by atoms with Crippen LogP contribution in [0, 0.1) is 0 Å². The summed E-state index contributed by atoms with van der Waals surface area (Å²) in [7, 11) is -5.79. The second kappa shape index (κ2) is 9.26. The molecule has 0 saturated heterocycles. The monoisotopic (exact) mass is 350 g/mol. The third-order valence-electron chi connectivity index (χ3n) is 3.16. The summed E-state index contributed by atoms with van der Waals surface area (Å²) in [5, 5.41) is 0. The Morgan fingerprint density at radius 3 is 1.96 bits per heavy atom. The Hall–Kier alpha value is -1.10. The van der Waals surface area contributed by atoms with Crippen molar-refractivity contribution in [2.24, 2.45) is 0 Å². The summed E-state index contributed by atoms with van der Waals surface area (Å²) in [5.74, 6) is -1.85. The number of hydrogen-bond donors (Lipinski definition) is 2. The predicted molar refractivity (Wildman–Crippen MR) is 87.4 cm³/mol. The van der Waals surface area contributed by atoms with Crippen LogP contribution in [0.25, 0.3) is 0 Å². The Balaban J connectivity index is 4.55. The highest BCUT2D eigenvalue weighted by Crippen LogP contribution is 2.53. The SMILES string of the molecule is CC(C)=CCC/C(C)=C/CC/C(C)=C/C(=O)C(F)(F)P(=O)(O)O. The summed E-state index contributed by atoms with van der Waals surface area (Å²) in [4.78, 5) is 28.3. The fourth-order valence-corrected chi connectivity index (χ4v) is 2.11. The molecular formula is C16H25F2O4P. The molecule has 0 radical (unpaired) electrons. The van der Waals surface area contributed by atoms with Gasteiger partial charge in [-0.3, -0.25) is 9.36 Å². The van der Waals surface area contributed by atoms with Crippen molar-refractivity contribution in [3.8, 4) is 0 Å². The highest BCUT2D eigenvalue weighted by molar-refractivity contribution is 7.54. The summed E-state index contributed by atoms with van der Waals surface area (Å²) in [5.41, 5.74) is -1.88. The van der Waals surface area contributed by atoms with Crippen molar-refractivity contribution in [1.29, 1.82) is 0 Å². The van der Waals surface area contributed by atoms with Crippen LogP contribution in [0.2, 0.25) is 0 Å². The minimum absolute atomic E-state index is 0.358. The molecule has 0 heterocycles. The van der Waals surface area contributed by atoms with Gasteiger partial charge >= 0.3 is 13.3 Å². The minimum Gasteiger partial charge on any atom is -0.320 e. The quantitative estimate of drug-likeness (QED) is 0.358. The number of carbonyl (C=O) groups is 1. The zero-order chi connectivity index (χ0) is 18.3. The van der Waals surface area contributed by atoms with Crippen molar-refractivity contribution < 1.29 is 27.9 Å². The Morgan fingerprint density at radius 1 is 1.00 bits per heavy atom. The van der Waals surface area contributed by atoms with Crippen LogP contribution < -0.4 is 0 Å². The van der Waals surface area contributed by atoms with Gasteiger partial charge in [-0.2, -0.15) is 8.78 Å². The summed E-state index contributed by atoms with van der Waals surface area (Å²) in [6, 6.07) is 0. The molecule has 0 aliphatic rings. The molecule has 0 amide bonds. The molecule has 132 valence electrons. The van der Waals surface area contributed by atoms with Gasteiger partial charge in [-0.1, -0.05) is 28.9 Å². The van der Waals surface area contributed by atoms with Gasteiger partial charge in [0.15, 0.2) is 0 Å². The number of ketones is 1. The third kappa shape index (κ3) is 8.35. The van der Waals surface area contributed by atoms with E-state index in [1.165, 1.54) is 18.1 Å². The molecule has 23 heavy (non-hydrogen) atoms. The lowest BCUT2D eigenvalue weighted by Crippen LogP contribution is -2.27. The van der Waals surface area contributed by atoms with E-state index in [2.05, 4.69) is 6.08 Å². The first kappa shape index (κ1) is 21.9. The van der Waals surface area contributed by atoms with Crippen LogP contribution in [0.1, 0.15) is 53.4 Å². The van der Waals surface area contributed by atoms with Crippen molar-refractivity contribution in [3.63, 3.8) is 0 Å². The molecular weight excluding hydrogens is 325 g/mol. The molecule has 2 N–H and O–H groups in total. The van der Waals surface area contributed by atoms with Gasteiger partial charge in [0.25, 0.3) is 0 Å². The number of hydrogen-bond acceptors (Lipinski definition) is 2. The topological polar surface area (TPSA) is 74.6 Å². The van der Waals surface area contributed by atoms with E-state index >= 15 is 0 Å². The number of carbonyl (C=O) groups excluding carboxylic acids is 1. The van der Waals surface area contributed by atoms with Crippen LogP contribution in [0.5, 0.6) is 0 Å². The largest absolute Gasteiger partial charge is 0.406 e. The maximum absolute atomic E-state index is 13.2. The number of rotatable bonds is 9. The Kier molecular flexibility index (Phi) is 8.82. The Bertz CT molecular complexity index is 552. The predicted octanol–water partition coefficient (Wildman–Crippen LogP) is 4.75. The van der Waals surface area contributed by atoms with Crippen LogP contribution in [0.3, 0.4) is 0 Å². The first-order valence-electron chi connectivity index (χ1n) is 7.32. The van der Waals surface area contributed by atoms with Crippen molar-refractivity contribution in [2.45, 2.75) is 59.0 Å². The molecule has 4 nitrogen and oxygen atoms in total. The molecule has 0 bridgehead atoms. The van der Waals surface area contributed by atoms with Gasteiger partial charge < -0.3 is 9.79 Å². The first-order chi connectivity index (χ1) is 10.4. The van der Waals surface area contributed by atoms with Gasteiger partial charge in [0.2, 0.25) is 5.78 Å². The van der Waals surface area contributed by atoms with Crippen LogP contribution in [0.15, 0.2) is 34.9 Å². The summed E-state index contributed by atoms with van der Waals surface area (Å²) < 4.78 is 36.9.